The first-order valence-electron chi connectivity index (χ1n) is 24.5. The normalized spacial score (nSPS) is 11.3. The van der Waals surface area contributed by atoms with E-state index in [0.717, 1.165) is 64.7 Å². The first-order valence-corrected chi connectivity index (χ1v) is 24.5. The minimum Gasteiger partial charge on any atom is -0.356 e. The molecule has 0 radical (unpaired) electrons. The fourth-order valence-electron chi connectivity index (χ4n) is 7.52. The summed E-state index contributed by atoms with van der Waals surface area (Å²) in [6.07, 6.45) is 43.0. The molecule has 0 unspecified atom stereocenters. The Morgan fingerprint density at radius 1 is 0.309 bits per heavy atom. The predicted octanol–water partition coefficient (Wildman–Crippen LogP) is 12.6. The molecule has 0 saturated heterocycles. The van der Waals surface area contributed by atoms with Gasteiger partial charge in [-0.1, -0.05) is 194 Å². The molecule has 0 aromatic rings. The van der Waals surface area contributed by atoms with Crippen LogP contribution in [-0.2, 0) is 14.4 Å². The molecule has 0 rings (SSSR count). The van der Waals surface area contributed by atoms with E-state index in [1.165, 1.54) is 173 Å². The zero-order chi connectivity index (χ0) is 40.1. The van der Waals surface area contributed by atoms with Gasteiger partial charge in [0.25, 0.3) is 0 Å². The number of carbonyl (C=O) groups excluding carboxylic acids is 3. The lowest BCUT2D eigenvalue weighted by Gasteiger charge is -2.17. The first-order chi connectivity index (χ1) is 27.0. The summed E-state index contributed by atoms with van der Waals surface area (Å²) in [4.78, 5) is 37.7. The highest BCUT2D eigenvalue weighted by Crippen LogP contribution is 2.18. The lowest BCUT2D eigenvalue weighted by Crippen LogP contribution is -2.29. The van der Waals surface area contributed by atoms with Gasteiger partial charge in [-0.05, 0) is 51.0 Å². The van der Waals surface area contributed by atoms with Gasteiger partial charge in [-0.3, -0.25) is 14.4 Å². The van der Waals surface area contributed by atoms with Crippen molar-refractivity contribution in [3.63, 3.8) is 0 Å². The molecular formula is C48H96N4O3. The molecule has 0 bridgehead atoms. The van der Waals surface area contributed by atoms with Gasteiger partial charge < -0.3 is 21.3 Å². The number of rotatable bonds is 45. The van der Waals surface area contributed by atoms with Crippen LogP contribution < -0.4 is 21.3 Å². The van der Waals surface area contributed by atoms with Gasteiger partial charge in [0, 0.05) is 45.4 Å². The van der Waals surface area contributed by atoms with Crippen molar-refractivity contribution in [2.45, 2.75) is 252 Å². The minimum atomic E-state index is 0.123. The lowest BCUT2D eigenvalue weighted by atomic mass is 9.93. The Morgan fingerprint density at radius 3 is 0.891 bits per heavy atom. The van der Waals surface area contributed by atoms with E-state index in [9.17, 15) is 14.4 Å². The summed E-state index contributed by atoms with van der Waals surface area (Å²) < 4.78 is 0. The van der Waals surface area contributed by atoms with E-state index in [1.54, 1.807) is 0 Å². The Hall–Kier alpha value is -1.63. The maximum atomic E-state index is 12.7. The van der Waals surface area contributed by atoms with Crippen molar-refractivity contribution in [1.82, 2.24) is 21.3 Å². The van der Waals surface area contributed by atoms with Gasteiger partial charge in [-0.15, -0.1) is 0 Å². The topological polar surface area (TPSA) is 99.3 Å². The second-order valence-corrected chi connectivity index (χ2v) is 16.8. The van der Waals surface area contributed by atoms with Gasteiger partial charge in [-0.2, -0.15) is 0 Å². The van der Waals surface area contributed by atoms with Crippen LogP contribution in [-0.4, -0.2) is 50.4 Å². The zero-order valence-electron chi connectivity index (χ0n) is 37.3. The third-order valence-electron chi connectivity index (χ3n) is 11.4. The average Bonchev–Trinajstić information content (AvgIpc) is 3.18. The summed E-state index contributed by atoms with van der Waals surface area (Å²) >= 11 is 0. The quantitative estimate of drug-likeness (QED) is 0.0463. The Bertz CT molecular complexity index is 781. The summed E-state index contributed by atoms with van der Waals surface area (Å²) in [5.41, 5.74) is 0. The number of hydrogen-bond acceptors (Lipinski definition) is 4. The Labute approximate surface area is 343 Å². The van der Waals surface area contributed by atoms with Gasteiger partial charge >= 0.3 is 0 Å². The molecule has 0 heterocycles. The molecule has 7 nitrogen and oxygen atoms in total. The van der Waals surface area contributed by atoms with Gasteiger partial charge in [0.15, 0.2) is 0 Å². The monoisotopic (exact) mass is 777 g/mol. The summed E-state index contributed by atoms with van der Waals surface area (Å²) in [6, 6.07) is 0. The van der Waals surface area contributed by atoms with Crippen LogP contribution in [0.1, 0.15) is 252 Å². The van der Waals surface area contributed by atoms with Crippen molar-refractivity contribution < 1.29 is 14.4 Å². The average molecular weight is 777 g/mol. The standard InChI is InChI=1S/C48H96N4O3/c1-4-7-10-13-16-19-22-25-28-31-40-50-46(53)36-34-45(35-37-47(54)51-41-32-29-26-23-20-17-14-11-8-5-2)38-43-49-44-39-48(55)52-42-33-30-27-24-21-18-15-12-9-6-3/h45,49H,4-44H2,1-3H3,(H,50,53)(H,51,54)(H,52,55). The van der Waals surface area contributed by atoms with Crippen LogP contribution in [0.3, 0.4) is 0 Å². The molecule has 55 heavy (non-hydrogen) atoms. The molecule has 0 spiro atoms. The molecular weight excluding hydrogens is 681 g/mol. The fraction of sp³-hybridized carbons (Fsp3) is 0.938. The van der Waals surface area contributed by atoms with E-state index in [-0.39, 0.29) is 17.7 Å². The predicted molar refractivity (Wildman–Crippen MR) is 239 cm³/mol. The molecule has 0 aromatic carbocycles. The molecule has 4 N–H and O–H groups in total. The third kappa shape index (κ3) is 43.3. The second kappa shape index (κ2) is 45.1. The van der Waals surface area contributed by atoms with Crippen molar-refractivity contribution >= 4 is 17.7 Å². The highest BCUT2D eigenvalue weighted by molar-refractivity contribution is 5.76. The van der Waals surface area contributed by atoms with Crippen molar-refractivity contribution in [3.05, 3.63) is 0 Å². The van der Waals surface area contributed by atoms with Crippen LogP contribution in [0.2, 0.25) is 0 Å². The molecule has 7 heteroatoms. The minimum absolute atomic E-state index is 0.123. The van der Waals surface area contributed by atoms with E-state index in [2.05, 4.69) is 42.0 Å². The number of carbonyl (C=O) groups is 3. The van der Waals surface area contributed by atoms with Gasteiger partial charge in [-0.25, -0.2) is 0 Å². The van der Waals surface area contributed by atoms with Crippen LogP contribution in [0, 0.1) is 5.92 Å². The maximum Gasteiger partial charge on any atom is 0.221 e. The number of nitrogens with one attached hydrogen (secondary N) is 4. The Balaban J connectivity index is 4.27. The van der Waals surface area contributed by atoms with Gasteiger partial charge in [0.1, 0.15) is 0 Å². The Morgan fingerprint density at radius 2 is 0.582 bits per heavy atom. The Kier molecular flexibility index (Phi) is 43.7. The SMILES string of the molecule is CCCCCCCCCCCCNC(=O)CCNCCC(CCC(=O)NCCCCCCCCCCCC)CCC(=O)NCCCCCCCCCCCC. The van der Waals surface area contributed by atoms with Crippen molar-refractivity contribution in [2.75, 3.05) is 32.7 Å². The molecule has 0 saturated carbocycles. The smallest absolute Gasteiger partial charge is 0.221 e. The fourth-order valence-corrected chi connectivity index (χ4v) is 7.52. The van der Waals surface area contributed by atoms with Gasteiger partial charge in [0.2, 0.25) is 17.7 Å². The highest BCUT2D eigenvalue weighted by atomic mass is 16.2. The molecule has 0 aliphatic rings. The van der Waals surface area contributed by atoms with Crippen LogP contribution >= 0.6 is 0 Å². The van der Waals surface area contributed by atoms with E-state index < -0.39 is 0 Å². The molecule has 326 valence electrons. The van der Waals surface area contributed by atoms with E-state index in [4.69, 9.17) is 0 Å². The largest absolute Gasteiger partial charge is 0.356 e. The zero-order valence-corrected chi connectivity index (χ0v) is 37.3. The summed E-state index contributed by atoms with van der Waals surface area (Å²) in [7, 11) is 0. The third-order valence-corrected chi connectivity index (χ3v) is 11.4. The second-order valence-electron chi connectivity index (χ2n) is 16.8. The molecule has 0 atom stereocenters. The lowest BCUT2D eigenvalue weighted by molar-refractivity contribution is -0.122. The maximum absolute atomic E-state index is 12.7. The highest BCUT2D eigenvalue weighted by Gasteiger charge is 2.14. The van der Waals surface area contributed by atoms with Crippen LogP contribution in [0.4, 0.5) is 0 Å². The van der Waals surface area contributed by atoms with Crippen molar-refractivity contribution in [3.8, 4) is 0 Å². The summed E-state index contributed by atoms with van der Waals surface area (Å²) in [6.45, 7) is 10.6. The molecule has 3 amide bonds. The molecule has 0 aliphatic carbocycles. The van der Waals surface area contributed by atoms with E-state index in [0.29, 0.717) is 31.7 Å². The summed E-state index contributed by atoms with van der Waals surface area (Å²) in [5.74, 6) is 0.707. The number of hydrogen-bond donors (Lipinski definition) is 4. The van der Waals surface area contributed by atoms with Crippen LogP contribution in [0.5, 0.6) is 0 Å². The summed E-state index contributed by atoms with van der Waals surface area (Å²) in [5, 5.41) is 12.8. The number of unbranched alkanes of at least 4 members (excludes halogenated alkanes) is 27. The van der Waals surface area contributed by atoms with Crippen LogP contribution in [0.25, 0.3) is 0 Å². The van der Waals surface area contributed by atoms with Crippen LogP contribution in [0.15, 0.2) is 0 Å². The molecule has 0 fully saturated rings. The van der Waals surface area contributed by atoms with E-state index in [1.807, 2.05) is 0 Å². The first kappa shape index (κ1) is 53.4. The van der Waals surface area contributed by atoms with Crippen molar-refractivity contribution in [2.24, 2.45) is 5.92 Å². The molecule has 0 aromatic heterocycles. The van der Waals surface area contributed by atoms with Crippen molar-refractivity contribution in [1.29, 1.82) is 0 Å². The van der Waals surface area contributed by atoms with Gasteiger partial charge in [0.05, 0.1) is 0 Å². The molecule has 0 aliphatic heterocycles. The van der Waals surface area contributed by atoms with E-state index >= 15 is 0 Å². The number of amides is 3.